The Balaban J connectivity index is 1.58. The van der Waals surface area contributed by atoms with E-state index in [1.807, 2.05) is 35.2 Å². The molecule has 0 N–H and O–H groups in total. The average molecular weight is 369 g/mol. The van der Waals surface area contributed by atoms with Crippen LogP contribution < -0.4 is 0 Å². The summed E-state index contributed by atoms with van der Waals surface area (Å²) in [7, 11) is 1.56. The van der Waals surface area contributed by atoms with E-state index in [0.717, 1.165) is 5.56 Å². The Kier molecular flexibility index (Phi) is 4.47. The van der Waals surface area contributed by atoms with E-state index in [0.29, 0.717) is 36.7 Å². The summed E-state index contributed by atoms with van der Waals surface area (Å²) in [5, 5.41) is 3.88. The second-order valence-corrected chi connectivity index (χ2v) is 7.25. The van der Waals surface area contributed by atoms with Crippen LogP contribution in [0.15, 0.2) is 34.9 Å². The summed E-state index contributed by atoms with van der Waals surface area (Å²) < 4.78 is 10.7. The van der Waals surface area contributed by atoms with Crippen LogP contribution in [0.4, 0.5) is 0 Å². The number of amides is 2. The summed E-state index contributed by atoms with van der Waals surface area (Å²) in [5.41, 5.74) is 2.18. The van der Waals surface area contributed by atoms with Crippen LogP contribution in [0.2, 0.25) is 0 Å². The number of rotatable bonds is 4. The van der Waals surface area contributed by atoms with Crippen LogP contribution in [0.5, 0.6) is 0 Å². The first-order valence-corrected chi connectivity index (χ1v) is 9.10. The number of aryl methyl sites for hydroxylation is 2. The van der Waals surface area contributed by atoms with Crippen molar-refractivity contribution in [1.29, 1.82) is 0 Å². The van der Waals surface area contributed by atoms with E-state index in [-0.39, 0.29) is 23.8 Å². The molecular formula is C20H23N3O4. The molecule has 0 saturated carbocycles. The van der Waals surface area contributed by atoms with Crippen molar-refractivity contribution >= 4 is 11.8 Å². The third-order valence-electron chi connectivity index (χ3n) is 5.63. The summed E-state index contributed by atoms with van der Waals surface area (Å²) in [5.74, 6) is 0.397. The lowest BCUT2D eigenvalue weighted by Crippen LogP contribution is -2.40. The van der Waals surface area contributed by atoms with Gasteiger partial charge in [0.15, 0.2) is 0 Å². The molecule has 2 aliphatic heterocycles. The lowest BCUT2D eigenvalue weighted by Gasteiger charge is -2.25. The van der Waals surface area contributed by atoms with Gasteiger partial charge in [0.2, 0.25) is 0 Å². The van der Waals surface area contributed by atoms with Crippen molar-refractivity contribution in [3.05, 3.63) is 52.9 Å². The van der Waals surface area contributed by atoms with E-state index in [1.165, 1.54) is 0 Å². The Bertz CT molecular complexity index is 844. The van der Waals surface area contributed by atoms with E-state index < -0.39 is 6.10 Å². The van der Waals surface area contributed by atoms with Crippen molar-refractivity contribution in [1.82, 2.24) is 15.0 Å². The molecule has 2 fully saturated rings. The third-order valence-corrected chi connectivity index (χ3v) is 5.63. The van der Waals surface area contributed by atoms with Gasteiger partial charge < -0.3 is 19.1 Å². The minimum Gasteiger partial charge on any atom is -0.371 e. The van der Waals surface area contributed by atoms with Gasteiger partial charge in [-0.05, 0) is 19.4 Å². The van der Waals surface area contributed by atoms with Crippen molar-refractivity contribution < 1.29 is 18.8 Å². The molecule has 3 heterocycles. The molecular weight excluding hydrogens is 346 g/mol. The van der Waals surface area contributed by atoms with Gasteiger partial charge in [0, 0.05) is 32.7 Å². The fraction of sp³-hybridized carbons (Fsp3) is 0.450. The average Bonchev–Trinajstić information content (AvgIpc) is 3.30. The Morgan fingerprint density at radius 3 is 2.63 bits per heavy atom. The van der Waals surface area contributed by atoms with E-state index in [9.17, 15) is 9.59 Å². The van der Waals surface area contributed by atoms with Gasteiger partial charge in [0.25, 0.3) is 11.8 Å². The fourth-order valence-corrected chi connectivity index (χ4v) is 4.31. The van der Waals surface area contributed by atoms with Gasteiger partial charge in [-0.2, -0.15) is 0 Å². The van der Waals surface area contributed by atoms with Crippen LogP contribution in [-0.4, -0.2) is 59.1 Å². The van der Waals surface area contributed by atoms with Crippen molar-refractivity contribution in [3.8, 4) is 0 Å². The van der Waals surface area contributed by atoms with E-state index >= 15 is 0 Å². The molecule has 27 heavy (non-hydrogen) atoms. The zero-order valence-corrected chi connectivity index (χ0v) is 15.7. The number of likely N-dealkylation sites (tertiary alicyclic amines) is 2. The Morgan fingerprint density at radius 2 is 2.00 bits per heavy atom. The van der Waals surface area contributed by atoms with Crippen LogP contribution in [0.3, 0.4) is 0 Å². The summed E-state index contributed by atoms with van der Waals surface area (Å²) in [6.45, 7) is 5.01. The summed E-state index contributed by atoms with van der Waals surface area (Å²) in [4.78, 5) is 29.5. The number of aromatic nitrogens is 1. The Hall–Kier alpha value is -2.67. The molecule has 0 radical (unpaired) electrons. The molecule has 0 unspecified atom stereocenters. The molecule has 1 aromatic heterocycles. The number of nitrogens with zero attached hydrogens (tertiary/aromatic N) is 3. The van der Waals surface area contributed by atoms with Crippen LogP contribution in [-0.2, 0) is 16.1 Å². The highest BCUT2D eigenvalue weighted by Gasteiger charge is 2.53. The van der Waals surface area contributed by atoms with Crippen molar-refractivity contribution in [2.24, 2.45) is 5.92 Å². The zero-order valence-electron chi connectivity index (χ0n) is 15.7. The number of carbonyl (C=O) groups is 2. The number of methoxy groups -OCH3 is 1. The molecule has 0 bridgehead atoms. The fourth-order valence-electron chi connectivity index (χ4n) is 4.31. The van der Waals surface area contributed by atoms with Gasteiger partial charge in [-0.3, -0.25) is 9.59 Å². The number of carbonyl (C=O) groups excluding carboxylic acids is 2. The predicted molar refractivity (Wildman–Crippen MR) is 96.9 cm³/mol. The van der Waals surface area contributed by atoms with E-state index in [2.05, 4.69) is 5.16 Å². The van der Waals surface area contributed by atoms with E-state index in [1.54, 1.807) is 25.9 Å². The number of fused-ring (bicyclic) bond motifs is 1. The lowest BCUT2D eigenvalue weighted by atomic mass is 10.0. The molecule has 0 aliphatic carbocycles. The molecule has 0 spiro atoms. The topological polar surface area (TPSA) is 75.9 Å². The molecule has 142 valence electrons. The first-order valence-electron chi connectivity index (χ1n) is 9.10. The number of hydrogen-bond donors (Lipinski definition) is 0. The second kappa shape index (κ2) is 6.81. The summed E-state index contributed by atoms with van der Waals surface area (Å²) in [6, 6.07) is 9.84. The van der Waals surface area contributed by atoms with Crippen molar-refractivity contribution in [3.63, 3.8) is 0 Å². The number of benzene rings is 1. The van der Waals surface area contributed by atoms with Crippen LogP contribution in [0, 0.1) is 19.8 Å². The van der Waals surface area contributed by atoms with Crippen molar-refractivity contribution in [2.45, 2.75) is 32.5 Å². The monoisotopic (exact) mass is 369 g/mol. The van der Waals surface area contributed by atoms with Gasteiger partial charge in [0.05, 0.1) is 11.7 Å². The molecule has 3 atom stereocenters. The predicted octanol–water partition coefficient (Wildman–Crippen LogP) is 1.79. The first-order chi connectivity index (χ1) is 13.0. The Labute approximate surface area is 157 Å². The van der Waals surface area contributed by atoms with Gasteiger partial charge in [-0.1, -0.05) is 35.5 Å². The third kappa shape index (κ3) is 2.92. The normalized spacial score (nSPS) is 24.6. The summed E-state index contributed by atoms with van der Waals surface area (Å²) in [6.07, 6.45) is -0.513. The Morgan fingerprint density at radius 1 is 1.26 bits per heavy atom. The maximum atomic E-state index is 13.0. The van der Waals surface area contributed by atoms with Gasteiger partial charge >= 0.3 is 0 Å². The van der Waals surface area contributed by atoms with Gasteiger partial charge in [-0.15, -0.1) is 0 Å². The SMILES string of the molecule is CO[C@@H]1C(=O)N(Cc2ccccc2)[C@@H]2CN(C(=O)c3c(C)noc3C)C[C@H]12. The quantitative estimate of drug-likeness (QED) is 0.821. The number of hydrogen-bond acceptors (Lipinski definition) is 5. The molecule has 2 saturated heterocycles. The maximum Gasteiger partial charge on any atom is 0.259 e. The van der Waals surface area contributed by atoms with Crippen LogP contribution >= 0.6 is 0 Å². The highest BCUT2D eigenvalue weighted by molar-refractivity contribution is 5.96. The molecule has 4 rings (SSSR count). The van der Waals surface area contributed by atoms with Crippen molar-refractivity contribution in [2.75, 3.05) is 20.2 Å². The standard InChI is InChI=1S/C20H23N3O4/c1-12-17(13(2)27-21-12)19(24)22-10-15-16(11-22)23(20(25)18(15)26-3)9-14-7-5-4-6-8-14/h4-8,15-16,18H,9-11H2,1-3H3/t15-,16+,18-/m0/s1. The molecule has 2 amide bonds. The highest BCUT2D eigenvalue weighted by atomic mass is 16.5. The molecule has 7 nitrogen and oxygen atoms in total. The lowest BCUT2D eigenvalue weighted by molar-refractivity contribution is -0.138. The first kappa shape index (κ1) is 17.7. The second-order valence-electron chi connectivity index (χ2n) is 7.25. The minimum absolute atomic E-state index is 0.000732. The number of ether oxygens (including phenoxy) is 1. The molecule has 1 aromatic carbocycles. The molecule has 2 aromatic rings. The van der Waals surface area contributed by atoms with Crippen LogP contribution in [0.25, 0.3) is 0 Å². The van der Waals surface area contributed by atoms with Crippen LogP contribution in [0.1, 0.15) is 27.4 Å². The zero-order chi connectivity index (χ0) is 19.1. The smallest absolute Gasteiger partial charge is 0.259 e. The van der Waals surface area contributed by atoms with E-state index in [4.69, 9.17) is 9.26 Å². The van der Waals surface area contributed by atoms with Gasteiger partial charge in [0.1, 0.15) is 17.4 Å². The summed E-state index contributed by atoms with van der Waals surface area (Å²) >= 11 is 0. The molecule has 2 aliphatic rings. The largest absolute Gasteiger partial charge is 0.371 e. The minimum atomic E-state index is -0.513. The highest BCUT2D eigenvalue weighted by Crippen LogP contribution is 2.36. The molecule has 7 heteroatoms. The maximum absolute atomic E-state index is 13.0. The van der Waals surface area contributed by atoms with Gasteiger partial charge in [-0.25, -0.2) is 0 Å².